The van der Waals surface area contributed by atoms with Gasteiger partial charge in [-0.3, -0.25) is 0 Å². The largest absolute Gasteiger partial charge is 0.396 e. The van der Waals surface area contributed by atoms with E-state index in [-0.39, 0.29) is 10.6 Å². The first-order chi connectivity index (χ1) is 7.76. The first-order valence-electron chi connectivity index (χ1n) is 5.02. The Balaban J connectivity index is 3.29. The van der Waals surface area contributed by atoms with Crippen LogP contribution in [0.15, 0.2) is 23.1 Å². The Hall–Kier alpha value is -1.31. The molecule has 0 aliphatic carbocycles. The number of benzene rings is 1. The van der Waals surface area contributed by atoms with E-state index in [0.29, 0.717) is 5.69 Å². The predicted octanol–water partition coefficient (Wildman–Crippen LogP) is 0.408. The molecule has 0 spiro atoms. The van der Waals surface area contributed by atoms with E-state index in [1.165, 1.54) is 20.2 Å². The van der Waals surface area contributed by atoms with Crippen molar-refractivity contribution in [3.63, 3.8) is 0 Å². The highest BCUT2D eigenvalue weighted by atomic mass is 32.2. The standard InChI is InChI=1S/C10H18N4O2S/c1-13(2)12-8-6-5-7-9(10(8)11)17(15,16)14(3)4/h5-7,12H,11H2,1-4H3. The van der Waals surface area contributed by atoms with E-state index in [1.54, 1.807) is 31.2 Å². The van der Waals surface area contributed by atoms with E-state index in [2.05, 4.69) is 5.43 Å². The highest BCUT2D eigenvalue weighted by Crippen LogP contribution is 2.28. The van der Waals surface area contributed by atoms with E-state index in [4.69, 9.17) is 5.73 Å². The maximum Gasteiger partial charge on any atom is 0.244 e. The van der Waals surface area contributed by atoms with Gasteiger partial charge in [-0.05, 0) is 12.1 Å². The van der Waals surface area contributed by atoms with Gasteiger partial charge in [0.05, 0.1) is 11.4 Å². The number of nitrogens with zero attached hydrogens (tertiary/aromatic N) is 2. The second kappa shape index (κ2) is 4.91. The number of para-hydroxylation sites is 1. The number of nitrogens with two attached hydrogens (primary N) is 1. The molecule has 0 aromatic heterocycles. The molecule has 0 saturated carbocycles. The molecule has 0 unspecified atom stereocenters. The molecule has 1 rings (SSSR count). The van der Waals surface area contributed by atoms with Gasteiger partial charge < -0.3 is 11.2 Å². The summed E-state index contributed by atoms with van der Waals surface area (Å²) in [5, 5.41) is 1.69. The van der Waals surface area contributed by atoms with Crippen molar-refractivity contribution in [3.05, 3.63) is 18.2 Å². The van der Waals surface area contributed by atoms with Crippen LogP contribution in [0.3, 0.4) is 0 Å². The maximum atomic E-state index is 12.0. The molecule has 0 aliphatic rings. The Kier molecular flexibility index (Phi) is 3.97. The van der Waals surface area contributed by atoms with Gasteiger partial charge in [-0.1, -0.05) is 6.07 Å². The molecule has 3 N–H and O–H groups in total. The molecule has 0 heterocycles. The van der Waals surface area contributed by atoms with Crippen molar-refractivity contribution in [2.45, 2.75) is 4.90 Å². The molecule has 96 valence electrons. The lowest BCUT2D eigenvalue weighted by Crippen LogP contribution is -2.25. The fraction of sp³-hybridized carbons (Fsp3) is 0.400. The molecule has 0 atom stereocenters. The molecule has 6 nitrogen and oxygen atoms in total. The van der Waals surface area contributed by atoms with Crippen LogP contribution < -0.4 is 11.2 Å². The lowest BCUT2D eigenvalue weighted by molar-refractivity contribution is 0.495. The molecule has 17 heavy (non-hydrogen) atoms. The summed E-state index contributed by atoms with van der Waals surface area (Å²) in [5.74, 6) is 0. The number of hydrazine groups is 1. The number of sulfonamides is 1. The number of hydrogen-bond donors (Lipinski definition) is 2. The molecule has 0 amide bonds. The van der Waals surface area contributed by atoms with Crippen molar-refractivity contribution >= 4 is 21.4 Å². The molecule has 0 fully saturated rings. The number of nitrogens with one attached hydrogen (secondary N) is 1. The maximum absolute atomic E-state index is 12.0. The van der Waals surface area contributed by atoms with Crippen molar-refractivity contribution in [3.8, 4) is 0 Å². The molecule has 1 aromatic carbocycles. The van der Waals surface area contributed by atoms with E-state index in [0.717, 1.165) is 4.31 Å². The van der Waals surface area contributed by atoms with E-state index < -0.39 is 10.0 Å². The highest BCUT2D eigenvalue weighted by Gasteiger charge is 2.21. The van der Waals surface area contributed by atoms with Crippen LogP contribution in [0.1, 0.15) is 0 Å². The predicted molar refractivity (Wildman–Crippen MR) is 69.0 cm³/mol. The minimum atomic E-state index is -3.52. The van der Waals surface area contributed by atoms with Crippen molar-refractivity contribution in [2.75, 3.05) is 39.4 Å². The third-order valence-electron chi connectivity index (χ3n) is 2.17. The number of hydrogen-bond acceptors (Lipinski definition) is 5. The average Bonchev–Trinajstić information content (AvgIpc) is 2.20. The van der Waals surface area contributed by atoms with Crippen LogP contribution in [0.5, 0.6) is 0 Å². The van der Waals surface area contributed by atoms with Gasteiger partial charge in [0.2, 0.25) is 10.0 Å². The van der Waals surface area contributed by atoms with Gasteiger partial charge in [0.25, 0.3) is 0 Å². The molecular formula is C10H18N4O2S. The lowest BCUT2D eigenvalue weighted by Gasteiger charge is -2.19. The summed E-state index contributed by atoms with van der Waals surface area (Å²) in [5.41, 5.74) is 9.60. The second-order valence-electron chi connectivity index (χ2n) is 4.01. The molecule has 1 aromatic rings. The van der Waals surface area contributed by atoms with Gasteiger partial charge in [0, 0.05) is 28.2 Å². The molecule has 7 heteroatoms. The zero-order chi connectivity index (χ0) is 13.2. The fourth-order valence-corrected chi connectivity index (χ4v) is 2.34. The Bertz CT molecular complexity index is 497. The Morgan fingerprint density at radius 3 is 2.24 bits per heavy atom. The van der Waals surface area contributed by atoms with Gasteiger partial charge in [0.1, 0.15) is 4.90 Å². The van der Waals surface area contributed by atoms with Crippen LogP contribution in [0.4, 0.5) is 11.4 Å². The zero-order valence-electron chi connectivity index (χ0n) is 10.4. The van der Waals surface area contributed by atoms with E-state index in [9.17, 15) is 8.42 Å². The third-order valence-corrected chi connectivity index (χ3v) is 4.04. The number of anilines is 2. The van der Waals surface area contributed by atoms with Crippen LogP contribution in [0.2, 0.25) is 0 Å². The Morgan fingerprint density at radius 1 is 1.18 bits per heavy atom. The molecule has 0 bridgehead atoms. The Morgan fingerprint density at radius 2 is 1.76 bits per heavy atom. The highest BCUT2D eigenvalue weighted by molar-refractivity contribution is 7.89. The van der Waals surface area contributed by atoms with Gasteiger partial charge >= 0.3 is 0 Å². The van der Waals surface area contributed by atoms with Crippen LogP contribution in [-0.4, -0.2) is 45.9 Å². The van der Waals surface area contributed by atoms with E-state index in [1.807, 2.05) is 0 Å². The number of rotatable bonds is 4. The van der Waals surface area contributed by atoms with Crippen molar-refractivity contribution in [1.29, 1.82) is 0 Å². The van der Waals surface area contributed by atoms with Crippen molar-refractivity contribution in [1.82, 2.24) is 9.31 Å². The number of nitrogen functional groups attached to an aromatic ring is 1. The van der Waals surface area contributed by atoms with Gasteiger partial charge in [0.15, 0.2) is 0 Å². The second-order valence-corrected chi connectivity index (χ2v) is 6.13. The van der Waals surface area contributed by atoms with Crippen LogP contribution in [-0.2, 0) is 10.0 Å². The molecule has 0 saturated heterocycles. The van der Waals surface area contributed by atoms with Gasteiger partial charge in [-0.15, -0.1) is 0 Å². The summed E-state index contributed by atoms with van der Waals surface area (Å²) in [6.07, 6.45) is 0. The third kappa shape index (κ3) is 2.87. The van der Waals surface area contributed by atoms with E-state index >= 15 is 0 Å². The smallest absolute Gasteiger partial charge is 0.244 e. The van der Waals surface area contributed by atoms with Crippen LogP contribution in [0.25, 0.3) is 0 Å². The molecular weight excluding hydrogens is 240 g/mol. The summed E-state index contributed by atoms with van der Waals surface area (Å²) in [6.45, 7) is 0. The minimum absolute atomic E-state index is 0.106. The Labute approximate surface area is 102 Å². The monoisotopic (exact) mass is 258 g/mol. The summed E-state index contributed by atoms with van der Waals surface area (Å²) in [4.78, 5) is 0.106. The summed E-state index contributed by atoms with van der Waals surface area (Å²) in [7, 11) is 3.03. The van der Waals surface area contributed by atoms with Crippen molar-refractivity contribution < 1.29 is 8.42 Å². The lowest BCUT2D eigenvalue weighted by atomic mass is 10.3. The normalized spacial score (nSPS) is 12.1. The first kappa shape index (κ1) is 13.8. The summed E-state index contributed by atoms with van der Waals surface area (Å²) < 4.78 is 25.1. The zero-order valence-corrected chi connectivity index (χ0v) is 11.2. The summed E-state index contributed by atoms with van der Waals surface area (Å²) in [6, 6.07) is 4.87. The quantitative estimate of drug-likeness (QED) is 0.604. The van der Waals surface area contributed by atoms with Crippen LogP contribution >= 0.6 is 0 Å². The van der Waals surface area contributed by atoms with Crippen molar-refractivity contribution in [2.24, 2.45) is 0 Å². The van der Waals surface area contributed by atoms with Crippen LogP contribution in [0, 0.1) is 0 Å². The fourth-order valence-electron chi connectivity index (χ4n) is 1.30. The SMILES string of the molecule is CN(C)Nc1cccc(S(=O)(=O)N(C)C)c1N. The molecule has 0 aliphatic heterocycles. The summed E-state index contributed by atoms with van der Waals surface area (Å²) >= 11 is 0. The topological polar surface area (TPSA) is 78.7 Å². The first-order valence-corrected chi connectivity index (χ1v) is 6.46. The van der Waals surface area contributed by atoms with Gasteiger partial charge in [-0.25, -0.2) is 17.7 Å². The molecule has 0 radical (unpaired) electrons. The van der Waals surface area contributed by atoms with Gasteiger partial charge in [-0.2, -0.15) is 0 Å². The average molecular weight is 258 g/mol. The minimum Gasteiger partial charge on any atom is -0.396 e.